The molecular formula is C16H19N3O3S. The van der Waals surface area contributed by atoms with Gasteiger partial charge in [-0.1, -0.05) is 11.2 Å². The first kappa shape index (κ1) is 15.0. The van der Waals surface area contributed by atoms with Crippen LogP contribution < -0.4 is 0 Å². The number of nitrogens with zero attached hydrogens (tertiary/aromatic N) is 3. The average molecular weight is 333 g/mol. The quantitative estimate of drug-likeness (QED) is 0.757. The van der Waals surface area contributed by atoms with Crippen LogP contribution in [0.1, 0.15) is 46.6 Å². The van der Waals surface area contributed by atoms with E-state index >= 15 is 0 Å². The minimum atomic E-state index is 0.0645. The lowest BCUT2D eigenvalue weighted by molar-refractivity contribution is -0.0164. The molecule has 1 saturated heterocycles. The maximum atomic E-state index is 12.4. The van der Waals surface area contributed by atoms with Gasteiger partial charge in [0.15, 0.2) is 11.6 Å². The van der Waals surface area contributed by atoms with E-state index in [2.05, 4.69) is 15.0 Å². The fraction of sp³-hybridized carbons (Fsp3) is 0.562. The predicted octanol–water partition coefficient (Wildman–Crippen LogP) is 2.48. The first-order valence-corrected chi connectivity index (χ1v) is 8.88. The molecule has 1 saturated carbocycles. The Balaban J connectivity index is 1.41. The second kappa shape index (κ2) is 6.51. The predicted molar refractivity (Wildman–Crippen MR) is 84.6 cm³/mol. The molecule has 0 bridgehead atoms. The molecule has 7 heteroatoms. The highest BCUT2D eigenvalue weighted by Gasteiger charge is 2.31. The maximum absolute atomic E-state index is 12.4. The van der Waals surface area contributed by atoms with Gasteiger partial charge in [-0.2, -0.15) is 4.98 Å². The van der Waals surface area contributed by atoms with E-state index in [0.29, 0.717) is 38.0 Å². The molecule has 0 spiro atoms. The van der Waals surface area contributed by atoms with Crippen LogP contribution in [0, 0.1) is 0 Å². The molecule has 0 amide bonds. The van der Waals surface area contributed by atoms with E-state index < -0.39 is 0 Å². The average Bonchev–Trinajstić information content (AvgIpc) is 3.08. The highest BCUT2D eigenvalue weighted by molar-refractivity contribution is 7.12. The van der Waals surface area contributed by atoms with Crippen LogP contribution in [0.5, 0.6) is 0 Å². The van der Waals surface area contributed by atoms with E-state index in [-0.39, 0.29) is 11.8 Å². The normalized spacial score (nSPS) is 22.3. The number of rotatable bonds is 6. The van der Waals surface area contributed by atoms with Gasteiger partial charge in [-0.25, -0.2) is 0 Å². The summed E-state index contributed by atoms with van der Waals surface area (Å²) >= 11 is 1.49. The Morgan fingerprint density at radius 2 is 2.35 bits per heavy atom. The highest BCUT2D eigenvalue weighted by Crippen LogP contribution is 2.38. The van der Waals surface area contributed by atoms with Crippen LogP contribution in [0.2, 0.25) is 0 Å². The minimum Gasteiger partial charge on any atom is -0.378 e. The Hall–Kier alpha value is -1.57. The number of carbonyl (C=O) groups is 1. The molecular weight excluding hydrogens is 314 g/mol. The van der Waals surface area contributed by atoms with Crippen molar-refractivity contribution in [1.82, 2.24) is 15.0 Å². The summed E-state index contributed by atoms with van der Waals surface area (Å²) in [4.78, 5) is 19.9. The van der Waals surface area contributed by atoms with Crippen LogP contribution >= 0.6 is 11.3 Å². The van der Waals surface area contributed by atoms with E-state index in [9.17, 15) is 4.79 Å². The molecule has 1 atom stereocenters. The molecule has 3 heterocycles. The van der Waals surface area contributed by atoms with E-state index in [1.807, 2.05) is 17.5 Å². The lowest BCUT2D eigenvalue weighted by Gasteiger charge is -2.34. The summed E-state index contributed by atoms with van der Waals surface area (Å²) in [6.07, 6.45) is 2.78. The van der Waals surface area contributed by atoms with Gasteiger partial charge in [0, 0.05) is 24.9 Å². The van der Waals surface area contributed by atoms with E-state index in [0.717, 1.165) is 30.1 Å². The molecule has 0 radical (unpaired) electrons. The monoisotopic (exact) mass is 333 g/mol. The summed E-state index contributed by atoms with van der Waals surface area (Å²) in [5.74, 6) is 2.14. The molecule has 0 aromatic carbocycles. The van der Waals surface area contributed by atoms with Crippen LogP contribution in [0.15, 0.2) is 22.0 Å². The number of ether oxygens (including phenoxy) is 1. The van der Waals surface area contributed by atoms with Gasteiger partial charge in [0.05, 0.1) is 24.6 Å². The van der Waals surface area contributed by atoms with Gasteiger partial charge < -0.3 is 9.26 Å². The highest BCUT2D eigenvalue weighted by atomic mass is 32.1. The van der Waals surface area contributed by atoms with Crippen molar-refractivity contribution in [2.45, 2.75) is 37.8 Å². The molecule has 2 fully saturated rings. The fourth-order valence-corrected chi connectivity index (χ4v) is 3.53. The Labute approximate surface area is 138 Å². The molecule has 0 N–H and O–H groups in total. The van der Waals surface area contributed by atoms with Crippen LogP contribution in [0.25, 0.3) is 0 Å². The maximum Gasteiger partial charge on any atom is 0.240 e. The number of Topliss-reactive ketones (excluding diaryl/α,β-unsaturated/α-hetero) is 1. The summed E-state index contributed by atoms with van der Waals surface area (Å²) < 4.78 is 10.9. The number of ketones is 1. The van der Waals surface area contributed by atoms with Gasteiger partial charge in [-0.15, -0.1) is 11.3 Å². The lowest BCUT2D eigenvalue weighted by atomic mass is 10.1. The third kappa shape index (κ3) is 3.52. The summed E-state index contributed by atoms with van der Waals surface area (Å²) in [7, 11) is 0. The standard InChI is InChI=1S/C16H19N3O3S/c20-13(14-2-1-7-23-14)8-12-10-21-6-5-19(12)9-15-17-16(18-22-15)11-3-4-11/h1-2,7,11-12H,3-6,8-10H2/t12-/m0/s1. The molecule has 6 nitrogen and oxygen atoms in total. The number of morpholine rings is 1. The van der Waals surface area contributed by atoms with Gasteiger partial charge >= 0.3 is 0 Å². The summed E-state index contributed by atoms with van der Waals surface area (Å²) in [6.45, 7) is 2.61. The van der Waals surface area contributed by atoms with Crippen molar-refractivity contribution >= 4 is 17.1 Å². The molecule has 122 valence electrons. The molecule has 1 aliphatic carbocycles. The van der Waals surface area contributed by atoms with Crippen molar-refractivity contribution in [2.24, 2.45) is 0 Å². The van der Waals surface area contributed by atoms with E-state index in [1.54, 1.807) is 0 Å². The Morgan fingerprint density at radius 1 is 1.43 bits per heavy atom. The van der Waals surface area contributed by atoms with Crippen molar-refractivity contribution in [3.05, 3.63) is 34.1 Å². The Kier molecular flexibility index (Phi) is 4.24. The van der Waals surface area contributed by atoms with Crippen molar-refractivity contribution in [3.63, 3.8) is 0 Å². The number of aromatic nitrogens is 2. The minimum absolute atomic E-state index is 0.0645. The molecule has 23 heavy (non-hydrogen) atoms. The topological polar surface area (TPSA) is 68.5 Å². The van der Waals surface area contributed by atoms with Gasteiger partial charge in [0.1, 0.15) is 0 Å². The Morgan fingerprint density at radius 3 is 3.13 bits per heavy atom. The second-order valence-corrected chi connectivity index (χ2v) is 7.07. The molecule has 0 unspecified atom stereocenters. The smallest absolute Gasteiger partial charge is 0.240 e. The third-order valence-electron chi connectivity index (χ3n) is 4.33. The zero-order valence-electron chi connectivity index (χ0n) is 12.8. The number of hydrogen-bond acceptors (Lipinski definition) is 7. The van der Waals surface area contributed by atoms with Gasteiger partial charge in [-0.3, -0.25) is 9.69 Å². The zero-order chi connectivity index (χ0) is 15.6. The summed E-state index contributed by atoms with van der Waals surface area (Å²) in [5.41, 5.74) is 0. The largest absolute Gasteiger partial charge is 0.378 e. The third-order valence-corrected chi connectivity index (χ3v) is 5.24. The van der Waals surface area contributed by atoms with Gasteiger partial charge in [0.2, 0.25) is 5.89 Å². The van der Waals surface area contributed by atoms with E-state index in [4.69, 9.17) is 9.26 Å². The molecule has 4 rings (SSSR count). The number of carbonyl (C=O) groups excluding carboxylic acids is 1. The van der Waals surface area contributed by atoms with Crippen LogP contribution in [-0.4, -0.2) is 46.6 Å². The SMILES string of the molecule is O=C(C[C@H]1COCCN1Cc1nc(C2CC2)no1)c1cccs1. The molecule has 1 aliphatic heterocycles. The number of hydrogen-bond donors (Lipinski definition) is 0. The van der Waals surface area contributed by atoms with Gasteiger partial charge in [0.25, 0.3) is 0 Å². The van der Waals surface area contributed by atoms with Crippen LogP contribution in [-0.2, 0) is 11.3 Å². The first-order valence-electron chi connectivity index (χ1n) is 8.00. The molecule has 2 aromatic heterocycles. The summed E-state index contributed by atoms with van der Waals surface area (Å²) in [6, 6.07) is 3.85. The van der Waals surface area contributed by atoms with Crippen molar-refractivity contribution in [1.29, 1.82) is 0 Å². The van der Waals surface area contributed by atoms with Crippen LogP contribution in [0.3, 0.4) is 0 Å². The zero-order valence-corrected chi connectivity index (χ0v) is 13.6. The Bertz CT molecular complexity index is 666. The molecule has 2 aliphatic rings. The number of thiophene rings is 1. The van der Waals surface area contributed by atoms with Crippen molar-refractivity contribution in [2.75, 3.05) is 19.8 Å². The lowest BCUT2D eigenvalue weighted by Crippen LogP contribution is -2.45. The van der Waals surface area contributed by atoms with E-state index in [1.165, 1.54) is 11.3 Å². The van der Waals surface area contributed by atoms with Gasteiger partial charge in [-0.05, 0) is 24.3 Å². The van der Waals surface area contributed by atoms with Crippen LogP contribution in [0.4, 0.5) is 0 Å². The summed E-state index contributed by atoms with van der Waals surface area (Å²) in [5, 5.41) is 5.99. The first-order chi connectivity index (χ1) is 11.3. The van der Waals surface area contributed by atoms with Crippen molar-refractivity contribution < 1.29 is 14.1 Å². The van der Waals surface area contributed by atoms with Crippen molar-refractivity contribution in [3.8, 4) is 0 Å². The second-order valence-electron chi connectivity index (χ2n) is 6.12. The fourth-order valence-electron chi connectivity index (χ4n) is 2.85. The molecule has 2 aromatic rings.